The lowest BCUT2D eigenvalue weighted by atomic mass is 9.96. The van der Waals surface area contributed by atoms with E-state index in [0.717, 1.165) is 9.80 Å². The molecule has 2 aromatic rings. The van der Waals surface area contributed by atoms with Gasteiger partial charge in [-0.1, -0.05) is 64.8 Å². The van der Waals surface area contributed by atoms with Crippen molar-refractivity contribution in [3.05, 3.63) is 70.8 Å². The van der Waals surface area contributed by atoms with Gasteiger partial charge in [0.2, 0.25) is 11.8 Å². The monoisotopic (exact) mass is 704 g/mol. The van der Waals surface area contributed by atoms with Crippen LogP contribution in [0.2, 0.25) is 0 Å². The number of hydrogen-bond acceptors (Lipinski definition) is 9. The van der Waals surface area contributed by atoms with Gasteiger partial charge in [-0.05, 0) is 36.1 Å². The van der Waals surface area contributed by atoms with E-state index in [1.807, 2.05) is 27.7 Å². The van der Waals surface area contributed by atoms with Gasteiger partial charge in [-0.25, -0.2) is 0 Å². The number of nitrogens with zero attached hydrogens (tertiary/aromatic N) is 4. The van der Waals surface area contributed by atoms with Crippen molar-refractivity contribution in [2.45, 2.75) is 52.6 Å². The van der Waals surface area contributed by atoms with Crippen LogP contribution in [0.4, 0.5) is 0 Å². The van der Waals surface area contributed by atoms with Crippen molar-refractivity contribution in [3.8, 4) is 0 Å². The van der Waals surface area contributed by atoms with Crippen LogP contribution in [0, 0.1) is 11.8 Å². The van der Waals surface area contributed by atoms with Gasteiger partial charge in [0.05, 0.1) is 61.9 Å². The number of carbonyl (C=O) groups excluding carboxylic acids is 6. The Morgan fingerprint density at radius 1 is 0.529 bits per heavy atom. The summed E-state index contributed by atoms with van der Waals surface area (Å²) in [5.41, 5.74) is 1.13. The summed E-state index contributed by atoms with van der Waals surface area (Å²) < 4.78 is 17.5. The fourth-order valence-corrected chi connectivity index (χ4v) is 6.75. The van der Waals surface area contributed by atoms with Crippen molar-refractivity contribution in [2.75, 3.05) is 65.8 Å². The second kappa shape index (κ2) is 17.2. The van der Waals surface area contributed by atoms with Crippen molar-refractivity contribution in [2.24, 2.45) is 11.8 Å². The third-order valence-electron chi connectivity index (χ3n) is 10.1. The lowest BCUT2D eigenvalue weighted by Crippen LogP contribution is -2.55. The average molecular weight is 705 g/mol. The quantitative estimate of drug-likeness (QED) is 0.379. The molecule has 13 nitrogen and oxygen atoms in total. The van der Waals surface area contributed by atoms with E-state index in [0.29, 0.717) is 12.8 Å². The summed E-state index contributed by atoms with van der Waals surface area (Å²) in [6, 6.07) is 11.1. The van der Waals surface area contributed by atoms with E-state index in [1.165, 1.54) is 0 Å². The first-order valence-electron chi connectivity index (χ1n) is 17.9. The van der Waals surface area contributed by atoms with Gasteiger partial charge < -0.3 is 24.0 Å². The maximum atomic E-state index is 14.2. The van der Waals surface area contributed by atoms with Crippen molar-refractivity contribution in [1.82, 2.24) is 19.6 Å². The van der Waals surface area contributed by atoms with Gasteiger partial charge in [0.1, 0.15) is 12.1 Å². The molecule has 3 aliphatic rings. The van der Waals surface area contributed by atoms with Gasteiger partial charge >= 0.3 is 0 Å². The predicted octanol–water partition coefficient (Wildman–Crippen LogP) is 3.13. The van der Waals surface area contributed by atoms with E-state index in [2.05, 4.69) is 0 Å². The molecule has 2 aromatic carbocycles. The Bertz CT molecular complexity index is 1440. The zero-order chi connectivity index (χ0) is 36.7. The predicted molar refractivity (Wildman–Crippen MR) is 186 cm³/mol. The molecule has 1 saturated heterocycles. The molecule has 0 aromatic heterocycles. The number of fused-ring (bicyclic) bond motifs is 2. The Kier molecular flexibility index (Phi) is 12.7. The molecular formula is C38H48N4O9. The fourth-order valence-electron chi connectivity index (χ4n) is 6.75. The van der Waals surface area contributed by atoms with Crippen LogP contribution in [-0.4, -0.2) is 133 Å². The van der Waals surface area contributed by atoms with E-state index in [-0.39, 0.29) is 112 Å². The van der Waals surface area contributed by atoms with Gasteiger partial charge in [-0.15, -0.1) is 0 Å². The SMILES string of the molecule is CC[C@@H](C)[C@@H](C(=O)N1CCOCCOCCN(C(=O)[C@@H]([C@@H](C)CC)N2C(=O)c3ccccc3C2=O)CCOCC1)N1C(=O)c2ccccc2C1=O. The number of carbonyl (C=O) groups is 6. The number of hydrogen-bond donors (Lipinski definition) is 0. The van der Waals surface area contributed by atoms with Crippen LogP contribution in [-0.2, 0) is 23.8 Å². The molecule has 0 radical (unpaired) electrons. The molecule has 0 unspecified atom stereocenters. The summed E-state index contributed by atoms with van der Waals surface area (Å²) in [6.07, 6.45) is 1.12. The topological polar surface area (TPSA) is 143 Å². The summed E-state index contributed by atoms with van der Waals surface area (Å²) in [5, 5.41) is 0. The van der Waals surface area contributed by atoms with E-state index >= 15 is 0 Å². The Morgan fingerprint density at radius 3 is 1.08 bits per heavy atom. The van der Waals surface area contributed by atoms with Crippen LogP contribution in [0.5, 0.6) is 0 Å². The minimum atomic E-state index is -1.01. The minimum Gasteiger partial charge on any atom is -0.378 e. The fraction of sp³-hybridized carbons (Fsp3) is 0.526. The average Bonchev–Trinajstić information content (AvgIpc) is 3.53. The van der Waals surface area contributed by atoms with Crippen molar-refractivity contribution in [1.29, 1.82) is 0 Å². The van der Waals surface area contributed by atoms with Crippen molar-refractivity contribution in [3.63, 3.8) is 0 Å². The molecule has 3 aliphatic heterocycles. The Labute approximate surface area is 298 Å². The van der Waals surface area contributed by atoms with E-state index in [9.17, 15) is 28.8 Å². The second-order valence-electron chi connectivity index (χ2n) is 13.2. The summed E-state index contributed by atoms with van der Waals surface area (Å²) >= 11 is 0. The Morgan fingerprint density at radius 2 is 0.804 bits per heavy atom. The highest BCUT2D eigenvalue weighted by Gasteiger charge is 2.47. The zero-order valence-electron chi connectivity index (χ0n) is 29.9. The molecule has 274 valence electrons. The molecule has 13 heteroatoms. The number of imide groups is 2. The van der Waals surface area contributed by atoms with Gasteiger partial charge in [0, 0.05) is 26.2 Å². The molecule has 0 N–H and O–H groups in total. The molecule has 0 aliphatic carbocycles. The lowest BCUT2D eigenvalue weighted by Gasteiger charge is -2.35. The highest BCUT2D eigenvalue weighted by atomic mass is 16.5. The largest absolute Gasteiger partial charge is 0.378 e. The van der Waals surface area contributed by atoms with E-state index < -0.39 is 35.7 Å². The van der Waals surface area contributed by atoms with Crippen LogP contribution < -0.4 is 0 Å². The van der Waals surface area contributed by atoms with E-state index in [1.54, 1.807) is 58.3 Å². The highest BCUT2D eigenvalue weighted by Crippen LogP contribution is 2.31. The molecule has 0 saturated carbocycles. The zero-order valence-corrected chi connectivity index (χ0v) is 29.9. The number of rotatable bonds is 8. The summed E-state index contributed by atoms with van der Waals surface area (Å²) in [7, 11) is 0. The molecule has 0 spiro atoms. The summed E-state index contributed by atoms with van der Waals surface area (Å²) in [6.45, 7) is 9.38. The van der Waals surface area contributed by atoms with Crippen molar-refractivity contribution >= 4 is 35.4 Å². The standard InChI is InChI=1S/C38H48N4O9/c1-5-25(3)31(41-33(43)27-11-7-8-12-28(27)34(41)44)37(47)39-15-19-49-20-16-40(18-22-51-24-23-50-21-17-39)38(48)32(26(4)6-2)42-35(45)29-13-9-10-14-30(29)36(42)46/h7-14,25-26,31-32H,5-6,15-24H2,1-4H3/t25-,26+,31+,32-. The molecule has 0 bridgehead atoms. The van der Waals surface area contributed by atoms with Crippen LogP contribution in [0.3, 0.4) is 0 Å². The molecule has 5 rings (SSSR count). The van der Waals surface area contributed by atoms with Crippen molar-refractivity contribution < 1.29 is 43.0 Å². The third kappa shape index (κ3) is 7.90. The molecular weight excluding hydrogens is 656 g/mol. The van der Waals surface area contributed by atoms with Gasteiger partial charge in [-0.3, -0.25) is 38.6 Å². The first-order chi connectivity index (χ1) is 24.6. The molecule has 4 atom stereocenters. The molecule has 6 amide bonds. The Balaban J connectivity index is 1.30. The maximum absolute atomic E-state index is 14.2. The smallest absolute Gasteiger partial charge is 0.262 e. The molecule has 51 heavy (non-hydrogen) atoms. The van der Waals surface area contributed by atoms with Crippen LogP contribution >= 0.6 is 0 Å². The summed E-state index contributed by atoms with van der Waals surface area (Å²) in [5.74, 6) is -3.32. The normalized spacial score (nSPS) is 20.3. The minimum absolute atomic E-state index is 0.118. The second-order valence-corrected chi connectivity index (χ2v) is 13.2. The Hall–Kier alpha value is -4.46. The number of amides is 6. The van der Waals surface area contributed by atoms with Crippen LogP contribution in [0.15, 0.2) is 48.5 Å². The van der Waals surface area contributed by atoms with Crippen LogP contribution in [0.25, 0.3) is 0 Å². The van der Waals surface area contributed by atoms with Gasteiger partial charge in [0.15, 0.2) is 0 Å². The van der Waals surface area contributed by atoms with Gasteiger partial charge in [0.25, 0.3) is 23.6 Å². The third-order valence-corrected chi connectivity index (χ3v) is 10.1. The number of benzene rings is 2. The maximum Gasteiger partial charge on any atom is 0.262 e. The van der Waals surface area contributed by atoms with E-state index in [4.69, 9.17) is 14.2 Å². The lowest BCUT2D eigenvalue weighted by molar-refractivity contribution is -0.139. The van der Waals surface area contributed by atoms with Gasteiger partial charge in [-0.2, -0.15) is 0 Å². The molecule has 1 fully saturated rings. The highest BCUT2D eigenvalue weighted by molar-refractivity contribution is 6.23. The molecule has 3 heterocycles. The summed E-state index contributed by atoms with van der Waals surface area (Å²) in [4.78, 5) is 87.5. The first kappa shape index (κ1) is 37.8. The first-order valence-corrected chi connectivity index (χ1v) is 17.9. The number of ether oxygens (including phenoxy) is 3. The van der Waals surface area contributed by atoms with Crippen LogP contribution in [0.1, 0.15) is 82.0 Å².